The zero-order valence-corrected chi connectivity index (χ0v) is 10.8. The summed E-state index contributed by atoms with van der Waals surface area (Å²) >= 11 is 0. The number of hydrogen-bond donors (Lipinski definition) is 0. The highest BCUT2D eigenvalue weighted by Gasteiger charge is 2.08. The highest BCUT2D eigenvalue weighted by molar-refractivity contribution is 5.84. The van der Waals surface area contributed by atoms with E-state index in [9.17, 15) is 4.79 Å². The quantitative estimate of drug-likeness (QED) is 0.681. The van der Waals surface area contributed by atoms with Crippen molar-refractivity contribution >= 4 is 11.0 Å². The molecule has 0 spiro atoms. The van der Waals surface area contributed by atoms with Crippen LogP contribution in [0.3, 0.4) is 0 Å². The van der Waals surface area contributed by atoms with Gasteiger partial charge in [-0.3, -0.25) is 0 Å². The summed E-state index contributed by atoms with van der Waals surface area (Å²) in [6.45, 7) is 0. The number of ether oxygens (including phenoxy) is 2. The third-order valence-electron chi connectivity index (χ3n) is 2.88. The van der Waals surface area contributed by atoms with Crippen molar-refractivity contribution in [3.63, 3.8) is 0 Å². The summed E-state index contributed by atoms with van der Waals surface area (Å²) in [6.07, 6.45) is 0. The fourth-order valence-electron chi connectivity index (χ4n) is 1.94. The van der Waals surface area contributed by atoms with Crippen LogP contribution in [0.15, 0.2) is 63.8 Å². The second-order valence-corrected chi connectivity index (χ2v) is 4.21. The van der Waals surface area contributed by atoms with Gasteiger partial charge in [-0.2, -0.15) is 0 Å². The van der Waals surface area contributed by atoms with Crippen LogP contribution in [0.2, 0.25) is 0 Å². The van der Waals surface area contributed by atoms with E-state index < -0.39 is 5.63 Å². The van der Waals surface area contributed by atoms with Gasteiger partial charge in [-0.15, -0.1) is 0 Å². The summed E-state index contributed by atoms with van der Waals surface area (Å²) in [5.41, 5.74) is -0.0283. The van der Waals surface area contributed by atoms with Crippen LogP contribution in [-0.4, -0.2) is 7.11 Å². The maximum Gasteiger partial charge on any atom is 0.339 e. The monoisotopic (exact) mass is 268 g/mol. The number of methoxy groups -OCH3 is 1. The van der Waals surface area contributed by atoms with Crippen molar-refractivity contribution in [2.75, 3.05) is 7.11 Å². The Balaban J connectivity index is 2.12. The van der Waals surface area contributed by atoms with Crippen molar-refractivity contribution in [2.45, 2.75) is 0 Å². The third-order valence-corrected chi connectivity index (χ3v) is 2.88. The fourth-order valence-corrected chi connectivity index (χ4v) is 1.94. The van der Waals surface area contributed by atoms with Gasteiger partial charge in [0.15, 0.2) is 0 Å². The first-order valence-electron chi connectivity index (χ1n) is 6.11. The Kier molecular flexibility index (Phi) is 3.13. The minimum Gasteiger partial charge on any atom is -0.497 e. The summed E-state index contributed by atoms with van der Waals surface area (Å²) < 4.78 is 16.0. The molecule has 1 aromatic heterocycles. The molecule has 0 atom stereocenters. The molecule has 0 aliphatic carbocycles. The number of hydrogen-bond acceptors (Lipinski definition) is 4. The molecule has 0 bridgehead atoms. The lowest BCUT2D eigenvalue weighted by Crippen LogP contribution is -1.98. The van der Waals surface area contributed by atoms with E-state index >= 15 is 0 Å². The molecule has 1 heterocycles. The molecule has 4 heteroatoms. The Morgan fingerprint density at radius 1 is 0.950 bits per heavy atom. The van der Waals surface area contributed by atoms with E-state index in [4.69, 9.17) is 13.9 Å². The molecule has 0 N–H and O–H groups in total. The Morgan fingerprint density at radius 2 is 1.75 bits per heavy atom. The van der Waals surface area contributed by atoms with Crippen molar-refractivity contribution in [1.82, 2.24) is 0 Å². The van der Waals surface area contributed by atoms with Gasteiger partial charge in [0.1, 0.15) is 22.8 Å². The average molecular weight is 268 g/mol. The molecule has 0 fully saturated rings. The fraction of sp³-hybridized carbons (Fsp3) is 0.0625. The molecule has 0 saturated carbocycles. The Morgan fingerprint density at radius 3 is 2.50 bits per heavy atom. The zero-order chi connectivity index (χ0) is 13.9. The summed E-state index contributed by atoms with van der Waals surface area (Å²) in [4.78, 5) is 11.6. The van der Waals surface area contributed by atoms with E-state index in [1.165, 1.54) is 6.07 Å². The molecule has 0 saturated heterocycles. The van der Waals surface area contributed by atoms with Crippen LogP contribution in [-0.2, 0) is 0 Å². The average Bonchev–Trinajstić information content (AvgIpc) is 2.47. The lowest BCUT2D eigenvalue weighted by Gasteiger charge is -2.08. The van der Waals surface area contributed by atoms with Gasteiger partial charge >= 0.3 is 5.63 Å². The number of benzene rings is 2. The Labute approximate surface area is 115 Å². The molecule has 3 rings (SSSR count). The number of para-hydroxylation sites is 1. The van der Waals surface area contributed by atoms with Gasteiger partial charge in [0.25, 0.3) is 0 Å². The second kappa shape index (κ2) is 5.09. The standard InChI is InChI=1S/C16H12O4/c1-18-12-7-8-13-14(9-12)20-16(17)10-15(13)19-11-5-3-2-4-6-11/h2-10H,1H3. The molecule has 20 heavy (non-hydrogen) atoms. The van der Waals surface area contributed by atoms with E-state index in [0.717, 1.165) is 0 Å². The SMILES string of the molecule is COc1ccc2c(Oc3ccccc3)cc(=O)oc2c1. The number of rotatable bonds is 3. The normalized spacial score (nSPS) is 10.4. The molecule has 3 aromatic rings. The van der Waals surface area contributed by atoms with Gasteiger partial charge in [-0.1, -0.05) is 18.2 Å². The van der Waals surface area contributed by atoms with Gasteiger partial charge in [0.05, 0.1) is 18.6 Å². The van der Waals surface area contributed by atoms with Crippen molar-refractivity contribution in [3.05, 3.63) is 65.0 Å². The zero-order valence-electron chi connectivity index (χ0n) is 10.8. The second-order valence-electron chi connectivity index (χ2n) is 4.21. The molecule has 4 nitrogen and oxygen atoms in total. The highest BCUT2D eigenvalue weighted by atomic mass is 16.5. The lowest BCUT2D eigenvalue weighted by atomic mass is 10.2. The molecule has 0 aliphatic rings. The summed E-state index contributed by atoms with van der Waals surface area (Å²) in [5.74, 6) is 1.75. The predicted molar refractivity (Wildman–Crippen MR) is 75.6 cm³/mol. The van der Waals surface area contributed by atoms with Crippen LogP contribution in [0.5, 0.6) is 17.2 Å². The smallest absolute Gasteiger partial charge is 0.339 e. The largest absolute Gasteiger partial charge is 0.497 e. The Bertz CT molecular complexity index is 790. The van der Waals surface area contributed by atoms with Crippen LogP contribution in [0, 0.1) is 0 Å². The molecule has 2 aromatic carbocycles. The molecule has 0 radical (unpaired) electrons. The molecule has 0 aliphatic heterocycles. The topological polar surface area (TPSA) is 48.7 Å². The summed E-state index contributed by atoms with van der Waals surface area (Å²) in [5, 5.41) is 0.717. The molecule has 0 unspecified atom stereocenters. The van der Waals surface area contributed by atoms with E-state index in [2.05, 4.69) is 0 Å². The number of fused-ring (bicyclic) bond motifs is 1. The maximum atomic E-state index is 11.6. The minimum absolute atomic E-state index is 0.433. The first-order chi connectivity index (χ1) is 9.76. The van der Waals surface area contributed by atoms with E-state index in [1.54, 1.807) is 25.3 Å². The predicted octanol–water partition coefficient (Wildman–Crippen LogP) is 3.59. The van der Waals surface area contributed by atoms with Gasteiger partial charge in [0.2, 0.25) is 0 Å². The molecule has 100 valence electrons. The van der Waals surface area contributed by atoms with Gasteiger partial charge in [-0.05, 0) is 24.3 Å². The first-order valence-corrected chi connectivity index (χ1v) is 6.11. The minimum atomic E-state index is -0.461. The van der Waals surface area contributed by atoms with Crippen molar-refractivity contribution < 1.29 is 13.9 Å². The van der Waals surface area contributed by atoms with Gasteiger partial charge < -0.3 is 13.9 Å². The van der Waals surface area contributed by atoms with Crippen molar-refractivity contribution in [1.29, 1.82) is 0 Å². The van der Waals surface area contributed by atoms with E-state index in [-0.39, 0.29) is 0 Å². The van der Waals surface area contributed by atoms with Crippen LogP contribution in [0.25, 0.3) is 11.0 Å². The van der Waals surface area contributed by atoms with Gasteiger partial charge in [-0.25, -0.2) is 4.79 Å². The lowest BCUT2D eigenvalue weighted by molar-refractivity contribution is 0.413. The molecular formula is C16H12O4. The van der Waals surface area contributed by atoms with Crippen molar-refractivity contribution in [3.8, 4) is 17.2 Å². The Hall–Kier alpha value is -2.75. The summed E-state index contributed by atoms with van der Waals surface area (Å²) in [7, 11) is 1.56. The summed E-state index contributed by atoms with van der Waals surface area (Å²) in [6, 6.07) is 15.9. The highest BCUT2D eigenvalue weighted by Crippen LogP contribution is 2.30. The van der Waals surface area contributed by atoms with Crippen LogP contribution < -0.4 is 15.1 Å². The molecular weight excluding hydrogens is 256 g/mol. The van der Waals surface area contributed by atoms with Crippen molar-refractivity contribution in [2.24, 2.45) is 0 Å². The third kappa shape index (κ3) is 2.36. The molecule has 0 amide bonds. The first kappa shape index (κ1) is 12.3. The van der Waals surface area contributed by atoms with Gasteiger partial charge in [0, 0.05) is 6.07 Å². The van der Waals surface area contributed by atoms with Crippen LogP contribution >= 0.6 is 0 Å². The maximum absolute atomic E-state index is 11.6. The van der Waals surface area contributed by atoms with E-state index in [0.29, 0.717) is 28.2 Å². The van der Waals surface area contributed by atoms with Crippen LogP contribution in [0.4, 0.5) is 0 Å². The van der Waals surface area contributed by atoms with Crippen LogP contribution in [0.1, 0.15) is 0 Å². The van der Waals surface area contributed by atoms with E-state index in [1.807, 2.05) is 30.3 Å².